The predicted octanol–water partition coefficient (Wildman–Crippen LogP) is 1.92. The molecule has 0 aliphatic heterocycles. The van der Waals surface area contributed by atoms with E-state index in [0.717, 1.165) is 5.56 Å². The summed E-state index contributed by atoms with van der Waals surface area (Å²) in [4.78, 5) is 34.6. The van der Waals surface area contributed by atoms with Gasteiger partial charge in [-0.2, -0.15) is 0 Å². The summed E-state index contributed by atoms with van der Waals surface area (Å²) in [5.41, 5.74) is 8.27. The van der Waals surface area contributed by atoms with Crippen molar-refractivity contribution in [2.24, 2.45) is 5.73 Å². The Labute approximate surface area is 156 Å². The number of amides is 2. The van der Waals surface area contributed by atoms with Crippen molar-refractivity contribution in [2.75, 3.05) is 5.32 Å². The van der Waals surface area contributed by atoms with Crippen molar-refractivity contribution in [3.05, 3.63) is 69.8 Å². The summed E-state index contributed by atoms with van der Waals surface area (Å²) in [6, 6.07) is 11.5. The Morgan fingerprint density at radius 1 is 1.07 bits per heavy atom. The fourth-order valence-corrected chi connectivity index (χ4v) is 2.37. The molecule has 0 saturated carbocycles. The van der Waals surface area contributed by atoms with Crippen molar-refractivity contribution >= 4 is 23.2 Å². The molecular weight excluding hydrogens is 348 g/mol. The average molecular weight is 370 g/mol. The van der Waals surface area contributed by atoms with Crippen LogP contribution < -0.4 is 16.4 Å². The topological polar surface area (TPSA) is 127 Å². The fourth-order valence-electron chi connectivity index (χ4n) is 2.37. The van der Waals surface area contributed by atoms with Crippen molar-refractivity contribution in [3.8, 4) is 0 Å². The van der Waals surface area contributed by atoms with E-state index in [9.17, 15) is 19.7 Å². The fraction of sp³-hybridized carbons (Fsp3) is 0.263. The van der Waals surface area contributed by atoms with Gasteiger partial charge in [0.2, 0.25) is 11.8 Å². The van der Waals surface area contributed by atoms with Crippen LogP contribution in [0.1, 0.15) is 18.1 Å². The number of nitrogens with zero attached hydrogens (tertiary/aromatic N) is 1. The van der Waals surface area contributed by atoms with Gasteiger partial charge in [-0.3, -0.25) is 19.7 Å². The molecule has 0 aliphatic rings. The van der Waals surface area contributed by atoms with E-state index in [4.69, 9.17) is 5.73 Å². The molecule has 2 aromatic rings. The Morgan fingerprint density at radius 2 is 1.67 bits per heavy atom. The highest BCUT2D eigenvalue weighted by Gasteiger charge is 2.20. The van der Waals surface area contributed by atoms with E-state index in [1.807, 2.05) is 19.1 Å². The normalized spacial score (nSPS) is 12.7. The first-order chi connectivity index (χ1) is 12.8. The number of anilines is 1. The molecule has 27 heavy (non-hydrogen) atoms. The van der Waals surface area contributed by atoms with Crippen LogP contribution in [0.5, 0.6) is 0 Å². The van der Waals surface area contributed by atoms with Gasteiger partial charge in [0.25, 0.3) is 5.69 Å². The molecule has 4 N–H and O–H groups in total. The van der Waals surface area contributed by atoms with Crippen LogP contribution in [0.2, 0.25) is 0 Å². The lowest BCUT2D eigenvalue weighted by molar-refractivity contribution is -0.384. The molecule has 0 saturated heterocycles. The van der Waals surface area contributed by atoms with Crippen LogP contribution in [0.3, 0.4) is 0 Å². The van der Waals surface area contributed by atoms with Crippen molar-refractivity contribution in [1.29, 1.82) is 0 Å². The monoisotopic (exact) mass is 370 g/mol. The lowest BCUT2D eigenvalue weighted by atomic mass is 10.1. The molecule has 8 nitrogen and oxygen atoms in total. The molecule has 0 heterocycles. The number of benzene rings is 2. The van der Waals surface area contributed by atoms with Gasteiger partial charge in [0.15, 0.2) is 0 Å². The lowest BCUT2D eigenvalue weighted by Gasteiger charge is -2.17. The first-order valence-corrected chi connectivity index (χ1v) is 8.43. The zero-order valence-electron chi connectivity index (χ0n) is 15.1. The SMILES string of the molecule is Cc1ccc(NC(=O)[C@H](C)NC(=O)[C@@H](N)Cc2ccc([N+](=O)[O-])cc2)cc1. The minimum absolute atomic E-state index is 0.0295. The van der Waals surface area contributed by atoms with Crippen LogP contribution in [-0.4, -0.2) is 28.8 Å². The molecule has 0 unspecified atom stereocenters. The van der Waals surface area contributed by atoms with Crippen LogP contribution in [0.15, 0.2) is 48.5 Å². The van der Waals surface area contributed by atoms with Gasteiger partial charge >= 0.3 is 0 Å². The van der Waals surface area contributed by atoms with E-state index in [-0.39, 0.29) is 18.0 Å². The second-order valence-electron chi connectivity index (χ2n) is 6.32. The molecule has 142 valence electrons. The zero-order valence-corrected chi connectivity index (χ0v) is 15.1. The number of non-ortho nitro benzene ring substituents is 1. The van der Waals surface area contributed by atoms with Crippen LogP contribution in [0.25, 0.3) is 0 Å². The van der Waals surface area contributed by atoms with E-state index in [1.54, 1.807) is 31.2 Å². The van der Waals surface area contributed by atoms with E-state index >= 15 is 0 Å². The van der Waals surface area contributed by atoms with E-state index in [1.165, 1.54) is 12.1 Å². The number of nitro groups is 1. The molecule has 0 aromatic heterocycles. The van der Waals surface area contributed by atoms with E-state index < -0.39 is 22.9 Å². The van der Waals surface area contributed by atoms with E-state index in [0.29, 0.717) is 11.3 Å². The highest BCUT2D eigenvalue weighted by Crippen LogP contribution is 2.13. The molecule has 2 rings (SSSR count). The number of hydrogen-bond donors (Lipinski definition) is 3. The van der Waals surface area contributed by atoms with Gasteiger partial charge in [-0.05, 0) is 38.0 Å². The first kappa shape index (κ1) is 20.1. The Morgan fingerprint density at radius 3 is 2.22 bits per heavy atom. The predicted molar refractivity (Wildman–Crippen MR) is 102 cm³/mol. The number of hydrogen-bond acceptors (Lipinski definition) is 5. The summed E-state index contributed by atoms with van der Waals surface area (Å²) in [5, 5.41) is 16.0. The number of nitrogens with two attached hydrogens (primary N) is 1. The number of aryl methyl sites for hydroxylation is 1. The smallest absolute Gasteiger partial charge is 0.269 e. The van der Waals surface area contributed by atoms with Crippen LogP contribution in [0.4, 0.5) is 11.4 Å². The van der Waals surface area contributed by atoms with E-state index in [2.05, 4.69) is 10.6 Å². The van der Waals surface area contributed by atoms with Crippen LogP contribution in [0, 0.1) is 17.0 Å². The summed E-state index contributed by atoms with van der Waals surface area (Å²) in [7, 11) is 0. The summed E-state index contributed by atoms with van der Waals surface area (Å²) < 4.78 is 0. The van der Waals surface area contributed by atoms with Crippen molar-refractivity contribution in [2.45, 2.75) is 32.4 Å². The third-order valence-electron chi connectivity index (χ3n) is 4.01. The van der Waals surface area contributed by atoms with Gasteiger partial charge in [0.05, 0.1) is 11.0 Å². The maximum Gasteiger partial charge on any atom is 0.269 e. The standard InChI is InChI=1S/C19H22N4O4/c1-12-3-7-15(8-4-12)22-18(24)13(2)21-19(25)17(20)11-14-5-9-16(10-6-14)23(26)27/h3-10,13,17H,11,20H2,1-2H3,(H,21,25)(H,22,24)/t13-,17-/m0/s1. The van der Waals surface area contributed by atoms with Crippen LogP contribution in [-0.2, 0) is 16.0 Å². The first-order valence-electron chi connectivity index (χ1n) is 8.43. The summed E-state index contributed by atoms with van der Waals surface area (Å²) in [6.07, 6.45) is 0.204. The molecule has 2 amide bonds. The second kappa shape index (κ2) is 8.91. The summed E-state index contributed by atoms with van der Waals surface area (Å²) >= 11 is 0. The van der Waals surface area contributed by atoms with Gasteiger partial charge in [-0.25, -0.2) is 0 Å². The summed E-state index contributed by atoms with van der Waals surface area (Å²) in [5.74, 6) is -0.824. The molecule has 0 spiro atoms. The molecule has 0 radical (unpaired) electrons. The Balaban J connectivity index is 1.87. The van der Waals surface area contributed by atoms with Crippen LogP contribution >= 0.6 is 0 Å². The average Bonchev–Trinajstić information content (AvgIpc) is 2.63. The zero-order chi connectivity index (χ0) is 20.0. The molecule has 0 aliphatic carbocycles. The van der Waals surface area contributed by atoms with Gasteiger partial charge in [-0.15, -0.1) is 0 Å². The number of carbonyl (C=O) groups is 2. The second-order valence-corrected chi connectivity index (χ2v) is 6.32. The highest BCUT2D eigenvalue weighted by atomic mass is 16.6. The number of nitro benzene ring substituents is 1. The molecule has 0 fully saturated rings. The largest absolute Gasteiger partial charge is 0.343 e. The Bertz CT molecular complexity index is 819. The molecular formula is C19H22N4O4. The quantitative estimate of drug-likeness (QED) is 0.507. The number of carbonyl (C=O) groups excluding carboxylic acids is 2. The van der Waals surface area contributed by atoms with Crippen molar-refractivity contribution < 1.29 is 14.5 Å². The van der Waals surface area contributed by atoms with Gasteiger partial charge in [-0.1, -0.05) is 29.8 Å². The third kappa shape index (κ3) is 5.89. The minimum atomic E-state index is -0.874. The molecule has 0 bridgehead atoms. The van der Waals surface area contributed by atoms with Gasteiger partial charge < -0.3 is 16.4 Å². The van der Waals surface area contributed by atoms with Crippen molar-refractivity contribution in [1.82, 2.24) is 5.32 Å². The van der Waals surface area contributed by atoms with Crippen molar-refractivity contribution in [3.63, 3.8) is 0 Å². The summed E-state index contributed by atoms with van der Waals surface area (Å²) in [6.45, 7) is 3.51. The number of nitrogens with one attached hydrogen (secondary N) is 2. The lowest BCUT2D eigenvalue weighted by Crippen LogP contribution is -2.49. The van der Waals surface area contributed by atoms with Gasteiger partial charge in [0.1, 0.15) is 6.04 Å². The maximum absolute atomic E-state index is 12.2. The molecule has 2 atom stereocenters. The third-order valence-corrected chi connectivity index (χ3v) is 4.01. The maximum atomic E-state index is 12.2. The molecule has 8 heteroatoms. The number of rotatable bonds is 7. The molecule has 2 aromatic carbocycles. The highest BCUT2D eigenvalue weighted by molar-refractivity contribution is 5.97. The Hall–Kier alpha value is -3.26. The minimum Gasteiger partial charge on any atom is -0.343 e. The van der Waals surface area contributed by atoms with Gasteiger partial charge in [0, 0.05) is 17.8 Å². The Kier molecular flexibility index (Phi) is 6.62.